The maximum Gasteiger partial charge on any atom is 0.279 e. The standard InChI is InChI=1S/C23H16N4OS2/c28-21-19-20(26(23(29)30-19)17-12-6-2-7-13-17)25-22(24-16-10-4-1-5-11-16)27(21)18-14-8-3-9-15-18/h1-15H,(H,24,25). The molecule has 0 atom stereocenters. The highest BCUT2D eigenvalue weighted by atomic mass is 32.1. The molecule has 0 radical (unpaired) electrons. The lowest BCUT2D eigenvalue weighted by atomic mass is 10.3. The highest BCUT2D eigenvalue weighted by molar-refractivity contribution is 7.73. The number of nitrogens with one attached hydrogen (secondary N) is 1. The summed E-state index contributed by atoms with van der Waals surface area (Å²) in [6, 6.07) is 28.9. The first kappa shape index (κ1) is 18.5. The topological polar surface area (TPSA) is 51.9 Å². The predicted molar refractivity (Wildman–Crippen MR) is 125 cm³/mol. The Morgan fingerprint density at radius 2 is 1.30 bits per heavy atom. The van der Waals surface area contributed by atoms with Gasteiger partial charge in [-0.25, -0.2) is 4.57 Å². The van der Waals surface area contributed by atoms with Crippen molar-refractivity contribution >= 4 is 45.5 Å². The fourth-order valence-electron chi connectivity index (χ4n) is 3.31. The second kappa shape index (κ2) is 7.70. The minimum Gasteiger partial charge on any atom is -0.325 e. The van der Waals surface area contributed by atoms with Crippen molar-refractivity contribution in [2.45, 2.75) is 0 Å². The van der Waals surface area contributed by atoms with E-state index in [0.717, 1.165) is 17.1 Å². The molecule has 2 aromatic heterocycles. The van der Waals surface area contributed by atoms with Crippen LogP contribution in [-0.2, 0) is 0 Å². The molecule has 30 heavy (non-hydrogen) atoms. The number of hydrogen-bond donors (Lipinski definition) is 1. The first-order valence-electron chi connectivity index (χ1n) is 9.34. The molecule has 5 rings (SSSR count). The van der Waals surface area contributed by atoms with Crippen molar-refractivity contribution in [2.75, 3.05) is 5.32 Å². The average Bonchev–Trinajstić information content (AvgIpc) is 3.12. The van der Waals surface area contributed by atoms with Crippen LogP contribution in [0.2, 0.25) is 0 Å². The molecule has 0 aliphatic carbocycles. The van der Waals surface area contributed by atoms with Crippen LogP contribution in [0.5, 0.6) is 0 Å². The Kier molecular flexibility index (Phi) is 4.74. The van der Waals surface area contributed by atoms with Gasteiger partial charge in [-0.3, -0.25) is 9.36 Å². The van der Waals surface area contributed by atoms with Crippen LogP contribution in [0.1, 0.15) is 0 Å². The minimum absolute atomic E-state index is 0.157. The van der Waals surface area contributed by atoms with Crippen LogP contribution in [-0.4, -0.2) is 14.1 Å². The quantitative estimate of drug-likeness (QED) is 0.373. The zero-order valence-corrected chi connectivity index (χ0v) is 17.4. The van der Waals surface area contributed by atoms with Crippen molar-refractivity contribution in [1.29, 1.82) is 0 Å². The van der Waals surface area contributed by atoms with E-state index < -0.39 is 0 Å². The lowest BCUT2D eigenvalue weighted by Gasteiger charge is -2.14. The van der Waals surface area contributed by atoms with E-state index in [1.54, 1.807) is 4.57 Å². The molecule has 7 heteroatoms. The van der Waals surface area contributed by atoms with E-state index in [4.69, 9.17) is 17.2 Å². The second-order valence-corrected chi connectivity index (χ2v) is 8.24. The predicted octanol–water partition coefficient (Wildman–Crippen LogP) is 5.71. The Hall–Kier alpha value is -3.55. The highest BCUT2D eigenvalue weighted by Gasteiger charge is 2.18. The number of rotatable bonds is 4. The fraction of sp³-hybridized carbons (Fsp3) is 0. The van der Waals surface area contributed by atoms with E-state index in [-0.39, 0.29) is 5.56 Å². The summed E-state index contributed by atoms with van der Waals surface area (Å²) >= 11 is 6.88. The van der Waals surface area contributed by atoms with Crippen molar-refractivity contribution in [1.82, 2.24) is 14.1 Å². The van der Waals surface area contributed by atoms with E-state index in [1.807, 2.05) is 95.6 Å². The van der Waals surface area contributed by atoms with Gasteiger partial charge in [-0.1, -0.05) is 65.9 Å². The number of hydrogen-bond acceptors (Lipinski definition) is 5. The molecule has 146 valence electrons. The first-order valence-corrected chi connectivity index (χ1v) is 10.6. The number of thiazole rings is 1. The van der Waals surface area contributed by atoms with Crippen molar-refractivity contribution < 1.29 is 0 Å². The van der Waals surface area contributed by atoms with Crippen LogP contribution in [0.4, 0.5) is 11.6 Å². The van der Waals surface area contributed by atoms with Gasteiger partial charge in [0.25, 0.3) is 5.56 Å². The molecular weight excluding hydrogens is 412 g/mol. The maximum atomic E-state index is 13.6. The molecule has 0 unspecified atom stereocenters. The summed E-state index contributed by atoms with van der Waals surface area (Å²) in [5.41, 5.74) is 2.85. The van der Waals surface area contributed by atoms with Gasteiger partial charge < -0.3 is 5.32 Å². The summed E-state index contributed by atoms with van der Waals surface area (Å²) in [6.07, 6.45) is 0. The molecule has 1 N–H and O–H groups in total. The van der Waals surface area contributed by atoms with Crippen molar-refractivity contribution in [3.63, 3.8) is 0 Å². The van der Waals surface area contributed by atoms with Gasteiger partial charge in [-0.15, -0.1) is 0 Å². The minimum atomic E-state index is -0.157. The summed E-state index contributed by atoms with van der Waals surface area (Å²) in [6.45, 7) is 0. The van der Waals surface area contributed by atoms with E-state index in [2.05, 4.69) is 5.32 Å². The summed E-state index contributed by atoms with van der Waals surface area (Å²) < 4.78 is 4.54. The van der Waals surface area contributed by atoms with Crippen molar-refractivity contribution in [3.05, 3.63) is 105 Å². The Morgan fingerprint density at radius 3 is 1.90 bits per heavy atom. The third kappa shape index (κ3) is 3.24. The number of fused-ring (bicyclic) bond motifs is 1. The molecule has 5 aromatic rings. The molecule has 3 aromatic carbocycles. The molecule has 0 saturated heterocycles. The zero-order chi connectivity index (χ0) is 20.5. The molecule has 0 fully saturated rings. The van der Waals surface area contributed by atoms with Gasteiger partial charge in [0.05, 0.1) is 5.69 Å². The van der Waals surface area contributed by atoms with Crippen LogP contribution in [0, 0.1) is 3.95 Å². The second-order valence-electron chi connectivity index (χ2n) is 6.59. The number of para-hydroxylation sites is 3. The van der Waals surface area contributed by atoms with Gasteiger partial charge in [-0.05, 0) is 48.6 Å². The van der Waals surface area contributed by atoms with E-state index in [9.17, 15) is 4.79 Å². The first-order chi connectivity index (χ1) is 14.7. The molecule has 2 heterocycles. The van der Waals surface area contributed by atoms with Gasteiger partial charge in [0.15, 0.2) is 9.60 Å². The largest absolute Gasteiger partial charge is 0.325 e. The third-order valence-electron chi connectivity index (χ3n) is 4.67. The number of anilines is 2. The SMILES string of the molecule is O=c1c2sc(=S)n(-c3ccccc3)c2nc(Nc2ccccc2)n1-c1ccccc1. The number of benzene rings is 3. The molecule has 0 aliphatic rings. The monoisotopic (exact) mass is 428 g/mol. The molecular formula is C23H16N4OS2. The lowest BCUT2D eigenvalue weighted by molar-refractivity contribution is 0.960. The van der Waals surface area contributed by atoms with E-state index in [0.29, 0.717) is 20.2 Å². The molecule has 0 saturated carbocycles. The van der Waals surface area contributed by atoms with E-state index >= 15 is 0 Å². The normalized spacial score (nSPS) is 10.9. The van der Waals surface area contributed by atoms with Crippen LogP contribution in [0.15, 0.2) is 95.8 Å². The molecule has 0 spiro atoms. The Labute approximate surface area is 181 Å². The van der Waals surface area contributed by atoms with Crippen LogP contribution < -0.4 is 10.9 Å². The van der Waals surface area contributed by atoms with Gasteiger partial charge in [0.1, 0.15) is 4.70 Å². The average molecular weight is 429 g/mol. The van der Waals surface area contributed by atoms with Crippen LogP contribution >= 0.6 is 23.6 Å². The Morgan fingerprint density at radius 1 is 0.767 bits per heavy atom. The van der Waals surface area contributed by atoms with Gasteiger partial charge in [0.2, 0.25) is 5.95 Å². The van der Waals surface area contributed by atoms with Gasteiger partial charge in [0, 0.05) is 11.4 Å². The van der Waals surface area contributed by atoms with Gasteiger partial charge >= 0.3 is 0 Å². The van der Waals surface area contributed by atoms with Crippen LogP contribution in [0.3, 0.4) is 0 Å². The Bertz CT molecular complexity index is 1440. The highest BCUT2D eigenvalue weighted by Crippen LogP contribution is 2.26. The summed E-state index contributed by atoms with van der Waals surface area (Å²) in [7, 11) is 0. The van der Waals surface area contributed by atoms with Crippen molar-refractivity contribution in [2.24, 2.45) is 0 Å². The van der Waals surface area contributed by atoms with Crippen molar-refractivity contribution in [3.8, 4) is 11.4 Å². The van der Waals surface area contributed by atoms with E-state index in [1.165, 1.54) is 11.3 Å². The summed E-state index contributed by atoms with van der Waals surface area (Å²) in [4.78, 5) is 18.4. The zero-order valence-electron chi connectivity index (χ0n) is 15.7. The summed E-state index contributed by atoms with van der Waals surface area (Å²) in [5.74, 6) is 0.433. The number of nitrogens with zero attached hydrogens (tertiary/aromatic N) is 3. The fourth-order valence-corrected chi connectivity index (χ4v) is 4.62. The lowest BCUT2D eigenvalue weighted by Crippen LogP contribution is -2.22. The molecule has 0 bridgehead atoms. The van der Waals surface area contributed by atoms with Gasteiger partial charge in [-0.2, -0.15) is 4.98 Å². The maximum absolute atomic E-state index is 13.6. The third-order valence-corrected chi connectivity index (χ3v) is 6.02. The smallest absolute Gasteiger partial charge is 0.279 e. The summed E-state index contributed by atoms with van der Waals surface area (Å²) in [5, 5.41) is 3.30. The molecule has 0 amide bonds. The molecule has 5 nitrogen and oxygen atoms in total. The molecule has 0 aliphatic heterocycles. The van der Waals surface area contributed by atoms with Crippen LogP contribution in [0.25, 0.3) is 21.7 Å². The Balaban J connectivity index is 1.82. The number of aromatic nitrogens is 3.